The van der Waals surface area contributed by atoms with E-state index in [1.54, 1.807) is 16.8 Å². The van der Waals surface area contributed by atoms with Crippen LogP contribution in [0.1, 0.15) is 28.8 Å². The molecule has 8 nitrogen and oxygen atoms in total. The number of halogens is 3. The van der Waals surface area contributed by atoms with E-state index in [1.807, 2.05) is 0 Å². The molecule has 31 heavy (non-hydrogen) atoms. The van der Waals surface area contributed by atoms with E-state index in [9.17, 15) is 18.0 Å². The van der Waals surface area contributed by atoms with Crippen LogP contribution in [0.5, 0.6) is 0 Å². The molecule has 1 aromatic carbocycles. The summed E-state index contributed by atoms with van der Waals surface area (Å²) in [6.07, 6.45) is -2.89. The van der Waals surface area contributed by atoms with E-state index < -0.39 is 17.8 Å². The van der Waals surface area contributed by atoms with Gasteiger partial charge in [-0.2, -0.15) is 4.98 Å². The molecule has 2 N–H and O–H groups in total. The third-order valence-corrected chi connectivity index (χ3v) is 5.35. The van der Waals surface area contributed by atoms with E-state index in [0.717, 1.165) is 11.6 Å². The number of anilines is 2. The second kappa shape index (κ2) is 8.96. The molecule has 11 heteroatoms. The summed E-state index contributed by atoms with van der Waals surface area (Å²) in [6, 6.07) is 3.81. The van der Waals surface area contributed by atoms with Crippen LogP contribution in [0.3, 0.4) is 0 Å². The number of fused-ring (bicyclic) bond motifs is 1. The fraction of sp³-hybridized carbons (Fsp3) is 0.450. The zero-order valence-electron chi connectivity index (χ0n) is 17.0. The minimum Gasteiger partial charge on any atom is -0.378 e. The number of urea groups is 1. The summed E-state index contributed by atoms with van der Waals surface area (Å²) < 4.78 is 45.7. The van der Waals surface area contributed by atoms with Crippen molar-refractivity contribution in [1.29, 1.82) is 0 Å². The molecule has 3 heterocycles. The Labute approximate surface area is 177 Å². The van der Waals surface area contributed by atoms with Gasteiger partial charge >= 0.3 is 6.03 Å². The first-order chi connectivity index (χ1) is 15.0. The minimum absolute atomic E-state index is 0.0313. The summed E-state index contributed by atoms with van der Waals surface area (Å²) in [5.41, 5.74) is 0.886. The molecular weight excluding hydrogens is 413 g/mol. The molecule has 0 radical (unpaired) electrons. The maximum atomic E-state index is 14.4. The van der Waals surface area contributed by atoms with E-state index >= 15 is 0 Å². The van der Waals surface area contributed by atoms with Gasteiger partial charge in [-0.3, -0.25) is 0 Å². The normalized spacial score (nSPS) is 15.9. The maximum Gasteiger partial charge on any atom is 0.320 e. The first-order valence-corrected chi connectivity index (χ1v) is 9.96. The highest BCUT2D eigenvalue weighted by Crippen LogP contribution is 2.30. The SMILES string of the molecule is CNc1nc2c(c(NCc3cccc(C(F)F)c3F)n1)CN(C(=O)N1CCOCC1)C2. The van der Waals surface area contributed by atoms with Gasteiger partial charge in [-0.25, -0.2) is 22.9 Å². The Morgan fingerprint density at radius 1 is 1.19 bits per heavy atom. The van der Waals surface area contributed by atoms with Crippen molar-refractivity contribution in [3.63, 3.8) is 0 Å². The molecule has 2 aliphatic rings. The van der Waals surface area contributed by atoms with Crippen LogP contribution >= 0.6 is 0 Å². The number of carbonyl (C=O) groups excluding carboxylic acids is 1. The molecule has 2 aromatic rings. The third kappa shape index (κ3) is 4.36. The second-order valence-corrected chi connectivity index (χ2v) is 7.28. The Morgan fingerprint density at radius 3 is 2.68 bits per heavy atom. The number of carbonyl (C=O) groups is 1. The molecule has 0 atom stereocenters. The van der Waals surface area contributed by atoms with Crippen molar-refractivity contribution in [1.82, 2.24) is 19.8 Å². The van der Waals surface area contributed by atoms with Gasteiger partial charge in [-0.15, -0.1) is 0 Å². The lowest BCUT2D eigenvalue weighted by Gasteiger charge is -2.30. The Morgan fingerprint density at radius 2 is 1.97 bits per heavy atom. The quantitative estimate of drug-likeness (QED) is 0.750. The molecular formula is C20H23F3N6O2. The van der Waals surface area contributed by atoms with Gasteiger partial charge in [-0.05, 0) is 0 Å². The highest BCUT2D eigenvalue weighted by Gasteiger charge is 2.31. The van der Waals surface area contributed by atoms with Gasteiger partial charge in [0.1, 0.15) is 11.6 Å². The van der Waals surface area contributed by atoms with Crippen LogP contribution in [0, 0.1) is 5.82 Å². The van der Waals surface area contributed by atoms with E-state index in [2.05, 4.69) is 20.6 Å². The van der Waals surface area contributed by atoms with Crippen LogP contribution < -0.4 is 10.6 Å². The van der Waals surface area contributed by atoms with Crippen molar-refractivity contribution >= 4 is 17.8 Å². The topological polar surface area (TPSA) is 82.6 Å². The van der Waals surface area contributed by atoms with Crippen LogP contribution in [0.4, 0.5) is 29.7 Å². The average molecular weight is 436 g/mol. The Bertz CT molecular complexity index is 968. The van der Waals surface area contributed by atoms with Gasteiger partial charge in [-0.1, -0.05) is 18.2 Å². The number of hydrogen-bond acceptors (Lipinski definition) is 6. The zero-order valence-corrected chi connectivity index (χ0v) is 17.0. The molecule has 1 fully saturated rings. The number of rotatable bonds is 5. The summed E-state index contributed by atoms with van der Waals surface area (Å²) in [4.78, 5) is 25.1. The molecule has 0 bridgehead atoms. The third-order valence-electron chi connectivity index (χ3n) is 5.35. The van der Waals surface area contributed by atoms with E-state index in [-0.39, 0.29) is 18.1 Å². The van der Waals surface area contributed by atoms with Crippen LogP contribution in [0.15, 0.2) is 18.2 Å². The number of benzene rings is 1. The molecule has 2 aliphatic heterocycles. The lowest BCUT2D eigenvalue weighted by molar-refractivity contribution is 0.0429. The van der Waals surface area contributed by atoms with Crippen molar-refractivity contribution in [3.05, 3.63) is 46.4 Å². The fourth-order valence-electron chi connectivity index (χ4n) is 3.69. The molecule has 4 rings (SSSR count). The molecule has 0 unspecified atom stereocenters. The molecule has 1 saturated heterocycles. The van der Waals surface area contributed by atoms with E-state index in [4.69, 9.17) is 4.74 Å². The highest BCUT2D eigenvalue weighted by atomic mass is 19.3. The van der Waals surface area contributed by atoms with Gasteiger partial charge in [0.05, 0.1) is 37.6 Å². The van der Waals surface area contributed by atoms with Crippen molar-refractivity contribution in [3.8, 4) is 0 Å². The molecule has 2 amide bonds. The van der Waals surface area contributed by atoms with E-state index in [1.165, 1.54) is 12.1 Å². The number of morpholine rings is 1. The largest absolute Gasteiger partial charge is 0.378 e. The van der Waals surface area contributed by atoms with Crippen molar-refractivity contribution in [2.24, 2.45) is 0 Å². The number of aromatic nitrogens is 2. The highest BCUT2D eigenvalue weighted by molar-refractivity contribution is 5.76. The first kappa shape index (κ1) is 21.2. The van der Waals surface area contributed by atoms with Gasteiger partial charge in [0.25, 0.3) is 6.43 Å². The lowest BCUT2D eigenvalue weighted by atomic mass is 10.1. The number of hydrogen-bond donors (Lipinski definition) is 2. The minimum atomic E-state index is -2.89. The summed E-state index contributed by atoms with van der Waals surface area (Å²) >= 11 is 0. The maximum absolute atomic E-state index is 14.4. The Kier molecular flexibility index (Phi) is 6.12. The predicted molar refractivity (Wildman–Crippen MR) is 107 cm³/mol. The molecule has 0 spiro atoms. The summed E-state index contributed by atoms with van der Waals surface area (Å²) in [5, 5.41) is 5.91. The predicted octanol–water partition coefficient (Wildman–Crippen LogP) is 2.97. The smallest absolute Gasteiger partial charge is 0.320 e. The van der Waals surface area contributed by atoms with Crippen LogP contribution in [0.25, 0.3) is 0 Å². The fourth-order valence-corrected chi connectivity index (χ4v) is 3.69. The van der Waals surface area contributed by atoms with Gasteiger partial charge in [0.2, 0.25) is 5.95 Å². The number of nitrogens with zero attached hydrogens (tertiary/aromatic N) is 4. The van der Waals surface area contributed by atoms with Crippen LogP contribution in [-0.2, 0) is 24.4 Å². The molecule has 1 aromatic heterocycles. The second-order valence-electron chi connectivity index (χ2n) is 7.28. The summed E-state index contributed by atoms with van der Waals surface area (Å²) in [6.45, 7) is 2.67. The van der Waals surface area contributed by atoms with Crippen molar-refractivity contribution in [2.45, 2.75) is 26.1 Å². The standard InChI is InChI=1S/C20H23F3N6O2/c1-24-19-26-15-11-29(20(30)28-5-7-31-8-6-28)10-14(15)18(27-19)25-9-12-3-2-4-13(16(12)21)17(22)23/h2-4,17H,5-11H2,1H3,(H2,24,25,26,27). The van der Waals surface area contributed by atoms with Crippen LogP contribution in [0.2, 0.25) is 0 Å². The Balaban J connectivity index is 1.53. The average Bonchev–Trinajstić information content (AvgIpc) is 3.22. The number of alkyl halides is 2. The number of ether oxygens (including phenoxy) is 1. The zero-order chi connectivity index (χ0) is 22.0. The lowest BCUT2D eigenvalue weighted by Crippen LogP contribution is -2.46. The summed E-state index contributed by atoms with van der Waals surface area (Å²) in [5.74, 6) is -0.147. The van der Waals surface area contributed by atoms with Gasteiger partial charge in [0.15, 0.2) is 0 Å². The van der Waals surface area contributed by atoms with Crippen molar-refractivity contribution in [2.75, 3.05) is 44.0 Å². The van der Waals surface area contributed by atoms with E-state index in [0.29, 0.717) is 56.9 Å². The molecule has 0 aliphatic carbocycles. The van der Waals surface area contributed by atoms with Gasteiger partial charge in [0, 0.05) is 37.8 Å². The Hall–Kier alpha value is -3.08. The number of amides is 2. The van der Waals surface area contributed by atoms with Crippen LogP contribution in [-0.4, -0.2) is 59.1 Å². The van der Waals surface area contributed by atoms with Crippen molar-refractivity contribution < 1.29 is 22.7 Å². The monoisotopic (exact) mass is 436 g/mol. The molecule has 166 valence electrons. The number of nitrogens with one attached hydrogen (secondary N) is 2. The first-order valence-electron chi connectivity index (χ1n) is 9.96. The molecule has 0 saturated carbocycles. The summed E-state index contributed by atoms with van der Waals surface area (Å²) in [7, 11) is 1.67. The van der Waals surface area contributed by atoms with Gasteiger partial charge < -0.3 is 25.2 Å².